The minimum Gasteiger partial charge on any atom is -0.316 e. The van der Waals surface area contributed by atoms with E-state index in [2.05, 4.69) is 12.2 Å². The quantitative estimate of drug-likeness (QED) is 0.830. The summed E-state index contributed by atoms with van der Waals surface area (Å²) in [4.78, 5) is 0. The lowest BCUT2D eigenvalue weighted by molar-refractivity contribution is 0.369. The Morgan fingerprint density at radius 3 is 2.62 bits per heavy atom. The molecule has 0 bridgehead atoms. The number of halogens is 2. The van der Waals surface area contributed by atoms with Crippen LogP contribution in [0.25, 0.3) is 0 Å². The van der Waals surface area contributed by atoms with Gasteiger partial charge in [0.1, 0.15) is 0 Å². The summed E-state index contributed by atoms with van der Waals surface area (Å²) in [6.45, 7) is 2.19. The van der Waals surface area contributed by atoms with Gasteiger partial charge in [-0.15, -0.1) is 0 Å². The normalized spacial score (nSPS) is 19.5. The van der Waals surface area contributed by atoms with Gasteiger partial charge in [-0.3, -0.25) is 0 Å². The second-order valence-electron chi connectivity index (χ2n) is 4.91. The fourth-order valence-corrected chi connectivity index (χ4v) is 2.17. The molecule has 1 aliphatic carbocycles. The first-order chi connectivity index (χ1) is 7.57. The van der Waals surface area contributed by atoms with E-state index in [0.29, 0.717) is 12.0 Å². The van der Waals surface area contributed by atoms with Crippen molar-refractivity contribution in [1.29, 1.82) is 0 Å². The number of rotatable bonds is 4. The summed E-state index contributed by atoms with van der Waals surface area (Å²) in [6, 6.07) is 4.61. The van der Waals surface area contributed by atoms with E-state index in [0.717, 1.165) is 18.9 Å². The molecule has 0 aromatic heterocycles. The largest absolute Gasteiger partial charge is 0.316 e. The average Bonchev–Trinajstić information content (AvgIpc) is 3.00. The predicted molar refractivity (Wildman–Crippen MR) is 60.3 cm³/mol. The third kappa shape index (κ3) is 2.09. The fraction of sp³-hybridized carbons (Fsp3) is 0.538. The smallest absolute Gasteiger partial charge is 0.162 e. The minimum absolute atomic E-state index is 0.226. The molecule has 3 heteroatoms. The van der Waals surface area contributed by atoms with Crippen molar-refractivity contribution in [3.8, 4) is 0 Å². The molecule has 0 aliphatic heterocycles. The van der Waals surface area contributed by atoms with Gasteiger partial charge in [0.2, 0.25) is 0 Å². The predicted octanol–water partition coefficient (Wildman–Crippen LogP) is 2.90. The Morgan fingerprint density at radius 1 is 1.38 bits per heavy atom. The summed E-state index contributed by atoms with van der Waals surface area (Å²) in [7, 11) is 1.88. The molecule has 1 aromatic rings. The summed E-state index contributed by atoms with van der Waals surface area (Å²) in [6.07, 6.45) is 2.88. The standard InChI is InChI=1S/C13H17F2N/c1-13(6-7-13)11(16-2)8-9-4-3-5-10(14)12(9)15/h3-5,11,16H,6-8H2,1-2H3. The van der Waals surface area contributed by atoms with Gasteiger partial charge in [0, 0.05) is 6.04 Å². The van der Waals surface area contributed by atoms with E-state index >= 15 is 0 Å². The van der Waals surface area contributed by atoms with Crippen molar-refractivity contribution in [1.82, 2.24) is 5.32 Å². The van der Waals surface area contributed by atoms with Gasteiger partial charge >= 0.3 is 0 Å². The first-order valence-electron chi connectivity index (χ1n) is 5.67. The molecule has 1 aromatic carbocycles. The summed E-state index contributed by atoms with van der Waals surface area (Å²) < 4.78 is 26.6. The average molecular weight is 225 g/mol. The van der Waals surface area contributed by atoms with Crippen molar-refractivity contribution in [2.75, 3.05) is 7.05 Å². The van der Waals surface area contributed by atoms with Crippen LogP contribution in [0.5, 0.6) is 0 Å². The number of likely N-dealkylation sites (N-methyl/N-ethyl adjacent to an activating group) is 1. The molecule has 1 aliphatic rings. The van der Waals surface area contributed by atoms with Crippen LogP contribution < -0.4 is 5.32 Å². The highest BCUT2D eigenvalue weighted by Crippen LogP contribution is 2.48. The second kappa shape index (κ2) is 4.13. The molecule has 0 heterocycles. The van der Waals surface area contributed by atoms with E-state index in [1.54, 1.807) is 12.1 Å². The Morgan fingerprint density at radius 2 is 2.06 bits per heavy atom. The monoisotopic (exact) mass is 225 g/mol. The fourth-order valence-electron chi connectivity index (χ4n) is 2.17. The van der Waals surface area contributed by atoms with Crippen LogP contribution in [0.4, 0.5) is 8.78 Å². The maximum absolute atomic E-state index is 13.5. The van der Waals surface area contributed by atoms with Crippen molar-refractivity contribution >= 4 is 0 Å². The van der Waals surface area contributed by atoms with Crippen LogP contribution in [-0.4, -0.2) is 13.1 Å². The zero-order valence-corrected chi connectivity index (χ0v) is 9.69. The van der Waals surface area contributed by atoms with Crippen molar-refractivity contribution < 1.29 is 8.78 Å². The first-order valence-corrected chi connectivity index (χ1v) is 5.67. The van der Waals surface area contributed by atoms with Gasteiger partial charge in [-0.25, -0.2) is 8.78 Å². The topological polar surface area (TPSA) is 12.0 Å². The Bertz CT molecular complexity index is 386. The zero-order chi connectivity index (χ0) is 11.8. The molecule has 0 radical (unpaired) electrons. The van der Waals surface area contributed by atoms with Crippen molar-refractivity contribution in [3.05, 3.63) is 35.4 Å². The van der Waals surface area contributed by atoms with Crippen LogP contribution in [0.3, 0.4) is 0 Å². The second-order valence-corrected chi connectivity index (χ2v) is 4.91. The first kappa shape index (κ1) is 11.5. The highest BCUT2D eigenvalue weighted by molar-refractivity contribution is 5.21. The molecule has 0 amide bonds. The van der Waals surface area contributed by atoms with E-state index in [1.165, 1.54) is 0 Å². The lowest BCUT2D eigenvalue weighted by Gasteiger charge is -2.23. The summed E-state index contributed by atoms with van der Waals surface area (Å²) in [5.74, 6) is -1.46. The number of nitrogens with one attached hydrogen (secondary N) is 1. The molecule has 1 unspecified atom stereocenters. The maximum Gasteiger partial charge on any atom is 0.162 e. The summed E-state index contributed by atoms with van der Waals surface area (Å²) >= 11 is 0. The van der Waals surface area contributed by atoms with Gasteiger partial charge in [0.25, 0.3) is 0 Å². The van der Waals surface area contributed by atoms with E-state index in [4.69, 9.17) is 0 Å². The maximum atomic E-state index is 13.5. The molecular weight excluding hydrogens is 208 g/mol. The number of benzene rings is 1. The Hall–Kier alpha value is -0.960. The SMILES string of the molecule is CNC(Cc1cccc(F)c1F)C1(C)CC1. The lowest BCUT2D eigenvalue weighted by Crippen LogP contribution is -2.35. The Kier molecular flexibility index (Phi) is 2.98. The third-order valence-electron chi connectivity index (χ3n) is 3.68. The van der Waals surface area contributed by atoms with Gasteiger partial charge < -0.3 is 5.32 Å². The Labute approximate surface area is 94.9 Å². The Balaban J connectivity index is 2.16. The van der Waals surface area contributed by atoms with Crippen molar-refractivity contribution in [3.63, 3.8) is 0 Å². The molecule has 88 valence electrons. The van der Waals surface area contributed by atoms with E-state index in [9.17, 15) is 8.78 Å². The molecule has 16 heavy (non-hydrogen) atoms. The van der Waals surface area contributed by atoms with Gasteiger partial charge in [-0.2, -0.15) is 0 Å². The lowest BCUT2D eigenvalue weighted by atomic mass is 9.92. The molecule has 1 saturated carbocycles. The van der Waals surface area contributed by atoms with Crippen LogP contribution in [0.1, 0.15) is 25.3 Å². The van der Waals surface area contributed by atoms with Crippen molar-refractivity contribution in [2.45, 2.75) is 32.2 Å². The third-order valence-corrected chi connectivity index (χ3v) is 3.68. The van der Waals surface area contributed by atoms with E-state index in [-0.39, 0.29) is 11.5 Å². The molecule has 1 fully saturated rings. The highest BCUT2D eigenvalue weighted by Gasteiger charge is 2.44. The molecule has 1 N–H and O–H groups in total. The van der Waals surface area contributed by atoms with Gasteiger partial charge in [0.15, 0.2) is 11.6 Å². The molecular formula is C13H17F2N. The number of hydrogen-bond donors (Lipinski definition) is 1. The van der Waals surface area contributed by atoms with Crippen LogP contribution in [-0.2, 0) is 6.42 Å². The van der Waals surface area contributed by atoms with Crippen LogP contribution in [0.15, 0.2) is 18.2 Å². The van der Waals surface area contributed by atoms with Gasteiger partial charge in [-0.1, -0.05) is 19.1 Å². The van der Waals surface area contributed by atoms with Gasteiger partial charge in [-0.05, 0) is 43.4 Å². The summed E-state index contributed by atoms with van der Waals surface area (Å²) in [5, 5.41) is 3.21. The van der Waals surface area contributed by atoms with Crippen LogP contribution in [0, 0.1) is 17.0 Å². The summed E-state index contributed by atoms with van der Waals surface area (Å²) in [5.41, 5.74) is 0.723. The molecule has 2 rings (SSSR count). The van der Waals surface area contributed by atoms with Crippen LogP contribution in [0.2, 0.25) is 0 Å². The van der Waals surface area contributed by atoms with E-state index < -0.39 is 11.6 Å². The van der Waals surface area contributed by atoms with E-state index in [1.807, 2.05) is 7.05 Å². The molecule has 0 spiro atoms. The molecule has 1 nitrogen and oxygen atoms in total. The zero-order valence-electron chi connectivity index (χ0n) is 9.69. The van der Waals surface area contributed by atoms with Crippen molar-refractivity contribution in [2.24, 2.45) is 5.41 Å². The number of hydrogen-bond acceptors (Lipinski definition) is 1. The highest BCUT2D eigenvalue weighted by atomic mass is 19.2. The molecule has 1 atom stereocenters. The van der Waals surface area contributed by atoms with Gasteiger partial charge in [0.05, 0.1) is 0 Å². The van der Waals surface area contributed by atoms with Crippen LogP contribution >= 0.6 is 0 Å². The molecule has 0 saturated heterocycles. The minimum atomic E-state index is -0.756.